The predicted molar refractivity (Wildman–Crippen MR) is 96.5 cm³/mol. The Morgan fingerprint density at radius 2 is 2.12 bits per heavy atom. The summed E-state index contributed by atoms with van der Waals surface area (Å²) in [6.07, 6.45) is 3.84. The summed E-state index contributed by atoms with van der Waals surface area (Å²) in [5.74, 6) is 0.858. The number of nitrogens with one attached hydrogen (secondary N) is 2. The normalized spacial score (nSPS) is 20.5. The van der Waals surface area contributed by atoms with Gasteiger partial charge in [-0.1, -0.05) is 18.2 Å². The maximum atomic E-state index is 13.0. The van der Waals surface area contributed by atoms with Crippen molar-refractivity contribution in [2.75, 3.05) is 20.2 Å². The van der Waals surface area contributed by atoms with Gasteiger partial charge in [0, 0.05) is 37.8 Å². The molecule has 1 fully saturated rings. The molecule has 2 atom stereocenters. The smallest absolute Gasteiger partial charge is 0.225 e. The molecule has 0 saturated carbocycles. The number of carbonyl (C=O) groups is 1. The van der Waals surface area contributed by atoms with E-state index in [1.807, 2.05) is 57.6 Å². The molecule has 25 heavy (non-hydrogen) atoms. The Morgan fingerprint density at radius 3 is 2.80 bits per heavy atom. The second-order valence-corrected chi connectivity index (χ2v) is 7.13. The molecule has 1 aliphatic heterocycles. The first-order valence-corrected chi connectivity index (χ1v) is 8.57. The van der Waals surface area contributed by atoms with E-state index in [1.54, 1.807) is 11.8 Å². The zero-order valence-corrected chi connectivity index (χ0v) is 15.2. The van der Waals surface area contributed by atoms with Gasteiger partial charge in [0.15, 0.2) is 0 Å². The van der Waals surface area contributed by atoms with Crippen molar-refractivity contribution < 1.29 is 9.53 Å². The van der Waals surface area contributed by atoms with E-state index in [1.165, 1.54) is 0 Å². The molecule has 6 nitrogen and oxygen atoms in total. The average molecular weight is 342 g/mol. The van der Waals surface area contributed by atoms with Crippen LogP contribution in [0.4, 0.5) is 0 Å². The van der Waals surface area contributed by atoms with Crippen LogP contribution in [0, 0.1) is 5.92 Å². The minimum atomic E-state index is -0.522. The van der Waals surface area contributed by atoms with Gasteiger partial charge in [0.1, 0.15) is 5.75 Å². The number of hydrogen-bond donors (Lipinski definition) is 2. The molecule has 1 aromatic carbocycles. The zero-order valence-electron chi connectivity index (χ0n) is 15.2. The van der Waals surface area contributed by atoms with E-state index in [2.05, 4.69) is 15.7 Å². The Bertz CT molecular complexity index is 753. The van der Waals surface area contributed by atoms with Crippen molar-refractivity contribution in [1.82, 2.24) is 20.4 Å². The van der Waals surface area contributed by atoms with Gasteiger partial charge >= 0.3 is 0 Å². The fraction of sp³-hybridized carbons (Fsp3) is 0.474. The molecule has 0 aliphatic carbocycles. The van der Waals surface area contributed by atoms with Crippen molar-refractivity contribution in [3.05, 3.63) is 47.8 Å². The van der Waals surface area contributed by atoms with Gasteiger partial charge in [-0.25, -0.2) is 0 Å². The van der Waals surface area contributed by atoms with E-state index in [4.69, 9.17) is 4.74 Å². The van der Waals surface area contributed by atoms with Gasteiger partial charge in [-0.2, -0.15) is 5.10 Å². The van der Waals surface area contributed by atoms with Gasteiger partial charge in [-0.05, 0) is 25.5 Å². The van der Waals surface area contributed by atoms with E-state index in [0.29, 0.717) is 6.54 Å². The van der Waals surface area contributed by atoms with Crippen LogP contribution in [-0.4, -0.2) is 35.9 Å². The molecule has 0 unspecified atom stereocenters. The summed E-state index contributed by atoms with van der Waals surface area (Å²) in [6, 6.07) is 7.80. The molecule has 0 spiro atoms. The largest absolute Gasteiger partial charge is 0.496 e. The molecular weight excluding hydrogens is 316 g/mol. The summed E-state index contributed by atoms with van der Waals surface area (Å²) in [4.78, 5) is 13.0. The van der Waals surface area contributed by atoms with Crippen molar-refractivity contribution >= 4 is 5.91 Å². The summed E-state index contributed by atoms with van der Waals surface area (Å²) in [5, 5.41) is 10.8. The van der Waals surface area contributed by atoms with Crippen LogP contribution < -0.4 is 15.4 Å². The molecule has 1 aromatic heterocycles. The molecule has 2 N–H and O–H groups in total. The van der Waals surface area contributed by atoms with Crippen LogP contribution in [0.25, 0.3) is 0 Å². The first-order valence-electron chi connectivity index (χ1n) is 8.57. The number of amides is 1. The van der Waals surface area contributed by atoms with E-state index >= 15 is 0 Å². The topological polar surface area (TPSA) is 68.2 Å². The number of benzene rings is 1. The molecular formula is C19H26N4O2. The summed E-state index contributed by atoms with van der Waals surface area (Å²) in [7, 11) is 3.54. The number of carbonyl (C=O) groups excluding carboxylic acids is 1. The number of para-hydroxylation sites is 1. The highest BCUT2D eigenvalue weighted by atomic mass is 16.5. The van der Waals surface area contributed by atoms with Gasteiger partial charge in [0.25, 0.3) is 0 Å². The van der Waals surface area contributed by atoms with Crippen LogP contribution >= 0.6 is 0 Å². The molecule has 3 rings (SSSR count). The van der Waals surface area contributed by atoms with E-state index in [9.17, 15) is 4.79 Å². The molecule has 1 amide bonds. The minimum absolute atomic E-state index is 0.0507. The lowest BCUT2D eigenvalue weighted by Crippen LogP contribution is -2.45. The monoisotopic (exact) mass is 342 g/mol. The molecule has 2 heterocycles. The Kier molecular flexibility index (Phi) is 4.81. The molecule has 0 radical (unpaired) electrons. The third-order valence-electron chi connectivity index (χ3n) is 4.92. The van der Waals surface area contributed by atoms with Gasteiger partial charge in [0.2, 0.25) is 5.91 Å². The third-order valence-corrected chi connectivity index (χ3v) is 4.92. The molecule has 6 heteroatoms. The van der Waals surface area contributed by atoms with Gasteiger partial charge in [-0.3, -0.25) is 9.48 Å². The van der Waals surface area contributed by atoms with Gasteiger partial charge in [-0.15, -0.1) is 0 Å². The Labute approximate surface area is 148 Å². The number of aryl methyl sites for hydroxylation is 1. The molecule has 1 saturated heterocycles. The predicted octanol–water partition coefficient (Wildman–Crippen LogP) is 1.78. The van der Waals surface area contributed by atoms with Crippen LogP contribution in [0.15, 0.2) is 36.7 Å². The maximum absolute atomic E-state index is 13.0. The zero-order chi connectivity index (χ0) is 18.0. The van der Waals surface area contributed by atoms with Crippen molar-refractivity contribution in [2.45, 2.75) is 25.3 Å². The standard InChI is InChI=1S/C19H26N4O2/c1-19(2,16-7-5-6-8-17(16)25-4)22-18(24)15-11-20-10-14(15)13-9-21-23(3)12-13/h5-9,12,14-15,20H,10-11H2,1-4H3,(H,22,24)/t14-,15+/m1/s1. The average Bonchev–Trinajstić information content (AvgIpc) is 3.23. The maximum Gasteiger partial charge on any atom is 0.225 e. The van der Waals surface area contributed by atoms with Crippen LogP contribution in [0.2, 0.25) is 0 Å². The van der Waals surface area contributed by atoms with Crippen LogP contribution in [-0.2, 0) is 17.4 Å². The quantitative estimate of drug-likeness (QED) is 0.869. The lowest BCUT2D eigenvalue weighted by Gasteiger charge is -2.30. The number of aromatic nitrogens is 2. The summed E-state index contributed by atoms with van der Waals surface area (Å²) in [6.45, 7) is 5.47. The number of rotatable bonds is 5. The van der Waals surface area contributed by atoms with Gasteiger partial charge in [0.05, 0.1) is 24.8 Å². The van der Waals surface area contributed by atoms with Gasteiger partial charge < -0.3 is 15.4 Å². The minimum Gasteiger partial charge on any atom is -0.496 e. The molecule has 134 valence electrons. The van der Waals surface area contributed by atoms with Crippen LogP contribution in [0.3, 0.4) is 0 Å². The third kappa shape index (κ3) is 3.54. The fourth-order valence-corrected chi connectivity index (χ4v) is 3.57. The number of nitrogens with zero attached hydrogens (tertiary/aromatic N) is 2. The summed E-state index contributed by atoms with van der Waals surface area (Å²) >= 11 is 0. The van der Waals surface area contributed by atoms with E-state index < -0.39 is 5.54 Å². The highest BCUT2D eigenvalue weighted by Gasteiger charge is 2.37. The number of hydrogen-bond acceptors (Lipinski definition) is 4. The van der Waals surface area contributed by atoms with Crippen molar-refractivity contribution in [3.8, 4) is 5.75 Å². The lowest BCUT2D eigenvalue weighted by molar-refractivity contribution is -0.126. The summed E-state index contributed by atoms with van der Waals surface area (Å²) in [5.41, 5.74) is 1.55. The molecule has 1 aliphatic rings. The van der Waals surface area contributed by atoms with E-state index in [0.717, 1.165) is 23.4 Å². The van der Waals surface area contributed by atoms with Crippen molar-refractivity contribution in [1.29, 1.82) is 0 Å². The fourth-order valence-electron chi connectivity index (χ4n) is 3.57. The Balaban J connectivity index is 1.78. The van der Waals surface area contributed by atoms with Crippen LogP contribution in [0.1, 0.15) is 30.9 Å². The number of methoxy groups -OCH3 is 1. The summed E-state index contributed by atoms with van der Waals surface area (Å²) < 4.78 is 7.24. The van der Waals surface area contributed by atoms with Crippen molar-refractivity contribution in [2.24, 2.45) is 13.0 Å². The Morgan fingerprint density at radius 1 is 1.36 bits per heavy atom. The first kappa shape index (κ1) is 17.5. The highest BCUT2D eigenvalue weighted by molar-refractivity contribution is 5.81. The SMILES string of the molecule is COc1ccccc1C(C)(C)NC(=O)[C@H]1CNC[C@@H]1c1cnn(C)c1. The number of ether oxygens (including phenoxy) is 1. The molecule has 2 aromatic rings. The highest BCUT2D eigenvalue weighted by Crippen LogP contribution is 2.32. The lowest BCUT2D eigenvalue weighted by atomic mass is 9.87. The van der Waals surface area contributed by atoms with Crippen LogP contribution in [0.5, 0.6) is 5.75 Å². The second kappa shape index (κ2) is 6.88. The Hall–Kier alpha value is -2.34. The second-order valence-electron chi connectivity index (χ2n) is 7.13. The first-order chi connectivity index (χ1) is 11.9. The van der Waals surface area contributed by atoms with E-state index in [-0.39, 0.29) is 17.7 Å². The molecule has 0 bridgehead atoms. The van der Waals surface area contributed by atoms with Crippen molar-refractivity contribution in [3.63, 3.8) is 0 Å².